The van der Waals surface area contributed by atoms with Gasteiger partial charge in [0.05, 0.1) is 26.9 Å². The van der Waals surface area contributed by atoms with Crippen LogP contribution in [0.25, 0.3) is 81.2 Å². The zero-order valence-corrected chi connectivity index (χ0v) is 24.4. The summed E-state index contributed by atoms with van der Waals surface area (Å²) in [5, 5.41) is 6.34. The molecule has 0 amide bonds. The van der Waals surface area contributed by atoms with Crippen LogP contribution in [0.3, 0.4) is 0 Å². The predicted octanol–water partition coefficient (Wildman–Crippen LogP) is 10.9. The molecule has 0 spiro atoms. The van der Waals surface area contributed by atoms with Gasteiger partial charge in [0.1, 0.15) is 0 Å². The first-order chi connectivity index (χ1) is 21.3. The van der Waals surface area contributed by atoms with Crippen LogP contribution in [0.4, 0.5) is 0 Å². The van der Waals surface area contributed by atoms with Crippen LogP contribution >= 0.6 is 23.1 Å². The van der Waals surface area contributed by atoms with Gasteiger partial charge in [0.2, 0.25) is 5.95 Å². The zero-order chi connectivity index (χ0) is 28.1. The van der Waals surface area contributed by atoms with Gasteiger partial charge in [-0.15, -0.1) is 11.3 Å². The van der Waals surface area contributed by atoms with E-state index in [0.29, 0.717) is 5.95 Å². The molecular formula is C38H21N3S2. The Morgan fingerprint density at radius 3 is 2.07 bits per heavy atom. The van der Waals surface area contributed by atoms with Gasteiger partial charge in [0.25, 0.3) is 0 Å². The normalized spacial score (nSPS) is 12.6. The highest BCUT2D eigenvalue weighted by molar-refractivity contribution is 8.00. The van der Waals surface area contributed by atoms with Crippen molar-refractivity contribution in [2.75, 3.05) is 0 Å². The fourth-order valence-corrected chi connectivity index (χ4v) is 9.08. The Balaban J connectivity index is 1.41. The molecule has 0 bridgehead atoms. The third-order valence-corrected chi connectivity index (χ3v) is 10.9. The third kappa shape index (κ3) is 3.26. The molecule has 0 radical (unpaired) electrons. The predicted molar refractivity (Wildman–Crippen MR) is 182 cm³/mol. The smallest absolute Gasteiger partial charge is 0.235 e. The monoisotopic (exact) mass is 583 g/mol. The Morgan fingerprint density at radius 2 is 1.23 bits per heavy atom. The van der Waals surface area contributed by atoms with Crippen molar-refractivity contribution in [3.05, 3.63) is 127 Å². The quantitative estimate of drug-likeness (QED) is 0.207. The second-order valence-corrected chi connectivity index (χ2v) is 13.1. The van der Waals surface area contributed by atoms with Gasteiger partial charge in [-0.1, -0.05) is 109 Å². The van der Waals surface area contributed by atoms with E-state index in [9.17, 15) is 0 Å². The minimum absolute atomic E-state index is 0.704. The summed E-state index contributed by atoms with van der Waals surface area (Å²) in [5.41, 5.74) is 7.79. The molecule has 0 N–H and O–H groups in total. The van der Waals surface area contributed by atoms with Crippen LogP contribution in [0.2, 0.25) is 0 Å². The standard InChI is InChI=1S/C38H21N3S2/c1-3-11-22(12-4-1)26-21-28-34-32-24(26)16-9-19-30(32)42-31-20-10-17-27(33(31)34)41(28)38-39-35(23-13-5-2-6-14-23)37-36(40-38)25-15-7-8-18-29(25)43-37/h1-21H. The van der Waals surface area contributed by atoms with Crippen molar-refractivity contribution < 1.29 is 0 Å². The van der Waals surface area contributed by atoms with E-state index < -0.39 is 0 Å². The van der Waals surface area contributed by atoms with Crippen LogP contribution in [0.15, 0.2) is 137 Å². The van der Waals surface area contributed by atoms with Crippen LogP contribution in [0, 0.1) is 0 Å². The fraction of sp³-hybridized carbons (Fsp3) is 0. The molecule has 1 aliphatic rings. The van der Waals surface area contributed by atoms with Crippen molar-refractivity contribution in [2.45, 2.75) is 9.79 Å². The van der Waals surface area contributed by atoms with Crippen LogP contribution in [0.5, 0.6) is 0 Å². The van der Waals surface area contributed by atoms with Gasteiger partial charge in [-0.25, -0.2) is 9.97 Å². The summed E-state index contributed by atoms with van der Waals surface area (Å²) in [6.07, 6.45) is 0. The lowest BCUT2D eigenvalue weighted by Gasteiger charge is -2.17. The molecule has 0 unspecified atom stereocenters. The first-order valence-corrected chi connectivity index (χ1v) is 16.0. The molecule has 5 heteroatoms. The third-order valence-electron chi connectivity index (χ3n) is 8.60. The average Bonchev–Trinajstić information content (AvgIpc) is 3.61. The molecule has 0 saturated carbocycles. The first-order valence-electron chi connectivity index (χ1n) is 14.3. The van der Waals surface area contributed by atoms with Crippen molar-refractivity contribution in [1.82, 2.24) is 14.5 Å². The lowest BCUT2D eigenvalue weighted by atomic mass is 9.94. The van der Waals surface area contributed by atoms with Gasteiger partial charge >= 0.3 is 0 Å². The molecule has 0 atom stereocenters. The Hall–Kier alpha value is -4.97. The minimum atomic E-state index is 0.704. The topological polar surface area (TPSA) is 30.7 Å². The van der Waals surface area contributed by atoms with Crippen molar-refractivity contribution in [2.24, 2.45) is 0 Å². The van der Waals surface area contributed by atoms with Gasteiger partial charge in [-0.05, 0) is 46.8 Å². The van der Waals surface area contributed by atoms with Crippen molar-refractivity contribution >= 4 is 76.0 Å². The number of hydrogen-bond acceptors (Lipinski definition) is 4. The molecule has 0 aliphatic carbocycles. The van der Waals surface area contributed by atoms with Gasteiger partial charge in [0, 0.05) is 41.6 Å². The molecule has 3 nitrogen and oxygen atoms in total. The van der Waals surface area contributed by atoms with Crippen molar-refractivity contribution in [3.63, 3.8) is 0 Å². The summed E-state index contributed by atoms with van der Waals surface area (Å²) in [6.45, 7) is 0. The summed E-state index contributed by atoms with van der Waals surface area (Å²) < 4.78 is 4.65. The van der Waals surface area contributed by atoms with E-state index in [4.69, 9.17) is 9.97 Å². The average molecular weight is 584 g/mol. The number of thiophene rings is 1. The number of nitrogens with zero attached hydrogens (tertiary/aromatic N) is 3. The number of hydrogen-bond donors (Lipinski definition) is 0. The Bertz CT molecular complexity index is 2580. The summed E-state index contributed by atoms with van der Waals surface area (Å²) >= 11 is 3.63. The number of fused-ring (bicyclic) bond motifs is 3. The lowest BCUT2D eigenvalue weighted by molar-refractivity contribution is 1.02. The van der Waals surface area contributed by atoms with E-state index in [-0.39, 0.29) is 0 Å². The second kappa shape index (κ2) is 8.77. The molecular weight excluding hydrogens is 563 g/mol. The number of aromatic nitrogens is 3. The number of benzene rings is 6. The second-order valence-electron chi connectivity index (χ2n) is 11.0. The molecule has 1 aliphatic heterocycles. The van der Waals surface area contributed by atoms with E-state index >= 15 is 0 Å². The van der Waals surface area contributed by atoms with E-state index in [1.165, 1.54) is 52.5 Å². The maximum atomic E-state index is 5.39. The fourth-order valence-electron chi connectivity index (χ4n) is 6.78. The summed E-state index contributed by atoms with van der Waals surface area (Å²) in [4.78, 5) is 13.3. The van der Waals surface area contributed by atoms with Crippen molar-refractivity contribution in [3.8, 4) is 28.3 Å². The van der Waals surface area contributed by atoms with Gasteiger partial charge < -0.3 is 0 Å². The maximum Gasteiger partial charge on any atom is 0.235 e. The zero-order valence-electron chi connectivity index (χ0n) is 22.8. The minimum Gasteiger partial charge on any atom is -0.278 e. The van der Waals surface area contributed by atoms with Gasteiger partial charge in [-0.2, -0.15) is 0 Å². The van der Waals surface area contributed by atoms with E-state index in [2.05, 4.69) is 132 Å². The Kier molecular flexibility index (Phi) is 4.81. The van der Waals surface area contributed by atoms with E-state index in [0.717, 1.165) is 32.5 Å². The molecule has 0 fully saturated rings. The number of rotatable bonds is 3. The van der Waals surface area contributed by atoms with Crippen LogP contribution in [0.1, 0.15) is 0 Å². The van der Waals surface area contributed by atoms with Crippen LogP contribution in [-0.2, 0) is 0 Å². The highest BCUT2D eigenvalue weighted by Crippen LogP contribution is 2.52. The molecule has 0 saturated heterocycles. The molecule has 6 aromatic carbocycles. The Morgan fingerprint density at radius 1 is 0.535 bits per heavy atom. The summed E-state index contributed by atoms with van der Waals surface area (Å²) in [6, 6.07) is 45.5. The Labute approximate surface area is 255 Å². The van der Waals surface area contributed by atoms with Gasteiger partial charge in [0.15, 0.2) is 0 Å². The van der Waals surface area contributed by atoms with Crippen LogP contribution in [-0.4, -0.2) is 14.5 Å². The molecule has 4 heterocycles. The SMILES string of the molecule is c1ccc(-c2cc3c4c5c(cccc25)Sc2cccc(c24)n3-c2nc(-c3ccccc3)c3sc4ccccc4c3n2)cc1. The summed E-state index contributed by atoms with van der Waals surface area (Å²) in [7, 11) is 0. The summed E-state index contributed by atoms with van der Waals surface area (Å²) in [5.74, 6) is 0.704. The highest BCUT2D eigenvalue weighted by Gasteiger charge is 2.27. The van der Waals surface area contributed by atoms with E-state index in [1.807, 2.05) is 11.8 Å². The van der Waals surface area contributed by atoms with E-state index in [1.54, 1.807) is 11.3 Å². The lowest BCUT2D eigenvalue weighted by Crippen LogP contribution is -2.03. The van der Waals surface area contributed by atoms with Crippen molar-refractivity contribution in [1.29, 1.82) is 0 Å². The molecule has 10 rings (SSSR count). The van der Waals surface area contributed by atoms with Gasteiger partial charge in [-0.3, -0.25) is 4.57 Å². The molecule has 200 valence electrons. The maximum absolute atomic E-state index is 5.39. The molecule has 3 aromatic heterocycles. The molecule has 43 heavy (non-hydrogen) atoms. The molecule has 9 aromatic rings. The highest BCUT2D eigenvalue weighted by atomic mass is 32.2. The van der Waals surface area contributed by atoms with Crippen LogP contribution < -0.4 is 0 Å². The largest absolute Gasteiger partial charge is 0.278 e. The first kappa shape index (κ1) is 23.6.